The molecule has 0 atom stereocenters. The van der Waals surface area contributed by atoms with Gasteiger partial charge in [-0.3, -0.25) is 10.1 Å². The lowest BCUT2D eigenvalue weighted by Gasteiger charge is -2.10. The second kappa shape index (κ2) is 6.26. The van der Waals surface area contributed by atoms with Crippen molar-refractivity contribution in [1.29, 1.82) is 0 Å². The Hall–Kier alpha value is -1.88. The van der Waals surface area contributed by atoms with Crippen LogP contribution >= 0.6 is 0 Å². The van der Waals surface area contributed by atoms with Gasteiger partial charge in [0.2, 0.25) is 0 Å². The van der Waals surface area contributed by atoms with Crippen molar-refractivity contribution in [3.63, 3.8) is 0 Å². The van der Waals surface area contributed by atoms with Gasteiger partial charge in [-0.15, -0.1) is 0 Å². The first-order chi connectivity index (χ1) is 9.61. The van der Waals surface area contributed by atoms with Gasteiger partial charge in [0.15, 0.2) is 0 Å². The number of nitro groups is 1. The molecule has 0 aliphatic rings. The topological polar surface area (TPSA) is 98.5 Å². The van der Waals surface area contributed by atoms with Gasteiger partial charge in [0.05, 0.1) is 16.4 Å². The molecule has 0 aromatic heterocycles. The van der Waals surface area contributed by atoms with E-state index in [1.54, 1.807) is 0 Å². The number of rotatable bonds is 6. The lowest BCUT2D eigenvalue weighted by molar-refractivity contribution is -0.384. The SMILES string of the molecule is COCCNc1ccc(S(=O)(=O)C(F)(F)F)cc1[N+](=O)[O-]. The molecule has 0 radical (unpaired) electrons. The van der Waals surface area contributed by atoms with Gasteiger partial charge < -0.3 is 10.1 Å². The van der Waals surface area contributed by atoms with Crippen LogP contribution in [0.3, 0.4) is 0 Å². The number of anilines is 1. The number of sulfone groups is 1. The van der Waals surface area contributed by atoms with Crippen LogP contribution in [0.2, 0.25) is 0 Å². The number of nitrogens with one attached hydrogen (secondary N) is 1. The first kappa shape index (κ1) is 17.2. The van der Waals surface area contributed by atoms with Crippen molar-refractivity contribution in [2.45, 2.75) is 10.4 Å². The summed E-state index contributed by atoms with van der Waals surface area (Å²) in [7, 11) is -4.23. The molecule has 118 valence electrons. The third kappa shape index (κ3) is 3.82. The third-order valence-electron chi connectivity index (χ3n) is 2.40. The number of nitrogens with zero attached hydrogens (tertiary/aromatic N) is 1. The molecule has 0 unspecified atom stereocenters. The van der Waals surface area contributed by atoms with Gasteiger partial charge in [-0.1, -0.05) is 0 Å². The minimum Gasteiger partial charge on any atom is -0.383 e. The molecular weight excluding hydrogens is 317 g/mol. The average molecular weight is 328 g/mol. The number of hydrogen-bond donors (Lipinski definition) is 1. The Bertz CT molecular complexity index is 630. The summed E-state index contributed by atoms with van der Waals surface area (Å²) in [4.78, 5) is 8.69. The second-order valence-corrected chi connectivity index (χ2v) is 5.75. The minimum atomic E-state index is -5.63. The normalized spacial score (nSPS) is 12.2. The standard InChI is InChI=1S/C10H11F3N2O5S/c1-20-5-4-14-8-3-2-7(6-9(8)15(16)17)21(18,19)10(11,12)13/h2-3,6,14H,4-5H2,1H3. The zero-order valence-electron chi connectivity index (χ0n) is 10.7. The number of nitro benzene ring substituents is 1. The first-order valence-electron chi connectivity index (χ1n) is 5.44. The molecule has 0 aliphatic carbocycles. The Labute approximate surface area is 117 Å². The molecule has 0 bridgehead atoms. The highest BCUT2D eigenvalue weighted by Gasteiger charge is 2.47. The molecular formula is C10H11F3N2O5S. The smallest absolute Gasteiger partial charge is 0.383 e. The van der Waals surface area contributed by atoms with Crippen molar-refractivity contribution in [3.8, 4) is 0 Å². The monoisotopic (exact) mass is 328 g/mol. The molecule has 0 saturated carbocycles. The van der Waals surface area contributed by atoms with Crippen molar-refractivity contribution < 1.29 is 31.2 Å². The fraction of sp³-hybridized carbons (Fsp3) is 0.400. The zero-order chi connectivity index (χ0) is 16.3. The van der Waals surface area contributed by atoms with Gasteiger partial charge in [-0.25, -0.2) is 8.42 Å². The molecule has 21 heavy (non-hydrogen) atoms. The summed E-state index contributed by atoms with van der Waals surface area (Å²) >= 11 is 0. The van der Waals surface area contributed by atoms with Gasteiger partial charge in [0.1, 0.15) is 5.69 Å². The van der Waals surface area contributed by atoms with E-state index in [0.29, 0.717) is 12.1 Å². The molecule has 1 N–H and O–H groups in total. The van der Waals surface area contributed by atoms with Crippen LogP contribution in [0.5, 0.6) is 0 Å². The van der Waals surface area contributed by atoms with Crippen molar-refractivity contribution in [2.24, 2.45) is 0 Å². The maximum absolute atomic E-state index is 12.4. The molecule has 0 fully saturated rings. The molecule has 0 amide bonds. The van der Waals surface area contributed by atoms with E-state index < -0.39 is 30.9 Å². The molecule has 1 aromatic rings. The van der Waals surface area contributed by atoms with Crippen LogP contribution in [0.25, 0.3) is 0 Å². The fourth-order valence-electron chi connectivity index (χ4n) is 1.40. The summed E-state index contributed by atoms with van der Waals surface area (Å²) < 4.78 is 64.4. The van der Waals surface area contributed by atoms with E-state index in [-0.39, 0.29) is 18.8 Å². The fourth-order valence-corrected chi connectivity index (χ4v) is 2.18. The lowest BCUT2D eigenvalue weighted by Crippen LogP contribution is -2.23. The Balaban J connectivity index is 3.24. The molecule has 1 rings (SSSR count). The number of methoxy groups -OCH3 is 1. The number of hydrogen-bond acceptors (Lipinski definition) is 6. The van der Waals surface area contributed by atoms with E-state index in [2.05, 4.69) is 5.32 Å². The number of benzene rings is 1. The van der Waals surface area contributed by atoms with Crippen molar-refractivity contribution in [2.75, 3.05) is 25.6 Å². The zero-order valence-corrected chi connectivity index (χ0v) is 11.5. The lowest BCUT2D eigenvalue weighted by atomic mass is 10.2. The summed E-state index contributed by atoms with van der Waals surface area (Å²) in [5.41, 5.74) is -6.39. The Morgan fingerprint density at radius 2 is 2.00 bits per heavy atom. The van der Waals surface area contributed by atoms with Crippen molar-refractivity contribution in [1.82, 2.24) is 0 Å². The molecule has 0 spiro atoms. The average Bonchev–Trinajstić information content (AvgIpc) is 2.37. The van der Waals surface area contributed by atoms with E-state index in [0.717, 1.165) is 6.07 Å². The van der Waals surface area contributed by atoms with E-state index >= 15 is 0 Å². The van der Waals surface area contributed by atoms with Gasteiger partial charge >= 0.3 is 5.51 Å². The number of alkyl halides is 3. The van der Waals surface area contributed by atoms with Crippen LogP contribution in [-0.2, 0) is 14.6 Å². The largest absolute Gasteiger partial charge is 0.501 e. The van der Waals surface area contributed by atoms with E-state index in [9.17, 15) is 31.7 Å². The van der Waals surface area contributed by atoms with Crippen LogP contribution in [-0.4, -0.2) is 39.1 Å². The number of halogens is 3. The van der Waals surface area contributed by atoms with Crippen LogP contribution in [0.4, 0.5) is 24.5 Å². The molecule has 0 aliphatic heterocycles. The van der Waals surface area contributed by atoms with Gasteiger partial charge in [-0.05, 0) is 12.1 Å². The summed E-state index contributed by atoms with van der Waals surface area (Å²) in [5, 5.41) is 13.4. The Morgan fingerprint density at radius 1 is 1.38 bits per heavy atom. The van der Waals surface area contributed by atoms with Crippen LogP contribution in [0.15, 0.2) is 23.1 Å². The first-order valence-corrected chi connectivity index (χ1v) is 6.92. The van der Waals surface area contributed by atoms with Crippen molar-refractivity contribution >= 4 is 21.2 Å². The van der Waals surface area contributed by atoms with Crippen molar-refractivity contribution in [3.05, 3.63) is 28.3 Å². The van der Waals surface area contributed by atoms with Crippen LogP contribution in [0, 0.1) is 10.1 Å². The Kier molecular flexibility index (Phi) is 5.12. The van der Waals surface area contributed by atoms with E-state index in [4.69, 9.17) is 4.74 Å². The highest BCUT2D eigenvalue weighted by Crippen LogP contribution is 2.34. The van der Waals surface area contributed by atoms with Gasteiger partial charge in [0.25, 0.3) is 15.5 Å². The highest BCUT2D eigenvalue weighted by molar-refractivity contribution is 7.92. The quantitative estimate of drug-likeness (QED) is 0.487. The minimum absolute atomic E-state index is 0.0989. The predicted octanol–water partition coefficient (Wildman–Crippen LogP) is 1.95. The van der Waals surface area contributed by atoms with E-state index in [1.165, 1.54) is 7.11 Å². The van der Waals surface area contributed by atoms with Gasteiger partial charge in [-0.2, -0.15) is 13.2 Å². The third-order valence-corrected chi connectivity index (χ3v) is 3.89. The summed E-state index contributed by atoms with van der Waals surface area (Å²) in [6, 6.07) is 1.94. The maximum atomic E-state index is 12.4. The molecule has 0 heterocycles. The molecule has 1 aromatic carbocycles. The van der Waals surface area contributed by atoms with E-state index in [1.807, 2.05) is 0 Å². The molecule has 0 saturated heterocycles. The Morgan fingerprint density at radius 3 is 2.48 bits per heavy atom. The summed E-state index contributed by atoms with van der Waals surface area (Å²) in [6.45, 7) is 0.377. The molecule has 11 heteroatoms. The van der Waals surface area contributed by atoms with Crippen LogP contribution in [0.1, 0.15) is 0 Å². The second-order valence-electron chi connectivity index (χ2n) is 3.80. The van der Waals surface area contributed by atoms with Crippen LogP contribution < -0.4 is 5.32 Å². The summed E-state index contributed by atoms with van der Waals surface area (Å²) in [6.07, 6.45) is 0. The summed E-state index contributed by atoms with van der Waals surface area (Å²) in [5.74, 6) is 0. The molecule has 7 nitrogen and oxygen atoms in total. The predicted molar refractivity (Wildman–Crippen MR) is 66.7 cm³/mol. The van der Waals surface area contributed by atoms with Gasteiger partial charge in [0, 0.05) is 19.7 Å². The maximum Gasteiger partial charge on any atom is 0.501 e. The number of ether oxygens (including phenoxy) is 1. The highest BCUT2D eigenvalue weighted by atomic mass is 32.2.